The van der Waals surface area contributed by atoms with Gasteiger partial charge in [0.2, 0.25) is 0 Å². The molecule has 3 rings (SSSR count). The van der Waals surface area contributed by atoms with Gasteiger partial charge in [-0.15, -0.1) is 0 Å². The lowest BCUT2D eigenvalue weighted by Crippen LogP contribution is -2.40. The molecule has 1 unspecified atom stereocenters. The standard InChI is InChI=1S/C20H24N6O/c1-15(16-8-4-3-5-9-16)14-24-20(21-2)23-13-11-18-25-19(27-26-18)17-10-6-7-12-22-17/h3-10,12,15H,11,13-14H2,1-2H3,(H2,21,23,24). The van der Waals surface area contributed by atoms with Crippen LogP contribution in [-0.2, 0) is 6.42 Å². The molecule has 0 amide bonds. The van der Waals surface area contributed by atoms with Crippen LogP contribution in [0, 0.1) is 0 Å². The van der Waals surface area contributed by atoms with Crippen molar-refractivity contribution in [1.82, 2.24) is 25.8 Å². The van der Waals surface area contributed by atoms with E-state index < -0.39 is 0 Å². The van der Waals surface area contributed by atoms with Crippen LogP contribution in [0.15, 0.2) is 64.2 Å². The fraction of sp³-hybridized carbons (Fsp3) is 0.300. The number of hydrogen-bond acceptors (Lipinski definition) is 5. The van der Waals surface area contributed by atoms with Crippen LogP contribution in [0.1, 0.15) is 24.2 Å². The molecule has 1 atom stereocenters. The van der Waals surface area contributed by atoms with Crippen LogP contribution in [0.25, 0.3) is 11.6 Å². The lowest BCUT2D eigenvalue weighted by Gasteiger charge is -2.16. The highest BCUT2D eigenvalue weighted by Gasteiger charge is 2.10. The van der Waals surface area contributed by atoms with Crippen LogP contribution in [-0.4, -0.2) is 41.2 Å². The maximum absolute atomic E-state index is 5.27. The molecular weight excluding hydrogens is 340 g/mol. The molecule has 0 aliphatic heterocycles. The number of hydrogen-bond donors (Lipinski definition) is 2. The van der Waals surface area contributed by atoms with Crippen molar-refractivity contribution in [2.45, 2.75) is 19.3 Å². The zero-order chi connectivity index (χ0) is 18.9. The van der Waals surface area contributed by atoms with E-state index in [0.717, 1.165) is 12.5 Å². The smallest absolute Gasteiger partial charge is 0.276 e. The van der Waals surface area contributed by atoms with Gasteiger partial charge in [0.1, 0.15) is 5.69 Å². The molecule has 0 saturated carbocycles. The first-order valence-corrected chi connectivity index (χ1v) is 8.99. The van der Waals surface area contributed by atoms with Crippen molar-refractivity contribution >= 4 is 5.96 Å². The number of benzene rings is 1. The summed E-state index contributed by atoms with van der Waals surface area (Å²) in [4.78, 5) is 12.8. The Hall–Kier alpha value is -3.22. The number of aliphatic imine (C=N–C) groups is 1. The van der Waals surface area contributed by atoms with Gasteiger partial charge in [-0.3, -0.25) is 9.98 Å². The van der Waals surface area contributed by atoms with E-state index in [4.69, 9.17) is 4.52 Å². The first-order chi connectivity index (χ1) is 13.3. The van der Waals surface area contributed by atoms with Gasteiger partial charge in [-0.05, 0) is 23.6 Å². The molecule has 2 heterocycles. The molecule has 0 bridgehead atoms. The van der Waals surface area contributed by atoms with Crippen molar-refractivity contribution in [3.63, 3.8) is 0 Å². The van der Waals surface area contributed by atoms with Crippen LogP contribution in [0.5, 0.6) is 0 Å². The molecule has 0 spiro atoms. The van der Waals surface area contributed by atoms with Crippen molar-refractivity contribution in [2.24, 2.45) is 4.99 Å². The van der Waals surface area contributed by atoms with Gasteiger partial charge in [0, 0.05) is 32.8 Å². The highest BCUT2D eigenvalue weighted by molar-refractivity contribution is 5.79. The third-order valence-electron chi connectivity index (χ3n) is 4.16. The topological polar surface area (TPSA) is 88.2 Å². The number of aromatic nitrogens is 3. The third-order valence-corrected chi connectivity index (χ3v) is 4.16. The highest BCUT2D eigenvalue weighted by Crippen LogP contribution is 2.14. The number of guanidine groups is 1. The van der Waals surface area contributed by atoms with Crippen LogP contribution < -0.4 is 10.6 Å². The molecule has 0 aliphatic carbocycles. The zero-order valence-electron chi connectivity index (χ0n) is 15.6. The summed E-state index contributed by atoms with van der Waals surface area (Å²) in [6.45, 7) is 3.64. The predicted octanol–water partition coefficient (Wildman–Crippen LogP) is 2.64. The predicted molar refractivity (Wildman–Crippen MR) is 105 cm³/mol. The number of pyridine rings is 1. The molecule has 0 fully saturated rings. The summed E-state index contributed by atoms with van der Waals surface area (Å²) in [5.74, 6) is 2.22. The van der Waals surface area contributed by atoms with E-state index in [1.54, 1.807) is 13.2 Å². The lowest BCUT2D eigenvalue weighted by molar-refractivity contribution is 0.421. The highest BCUT2D eigenvalue weighted by atomic mass is 16.5. The lowest BCUT2D eigenvalue weighted by atomic mass is 10.0. The fourth-order valence-electron chi connectivity index (χ4n) is 2.61. The van der Waals surface area contributed by atoms with Crippen molar-refractivity contribution in [3.05, 3.63) is 66.1 Å². The first-order valence-electron chi connectivity index (χ1n) is 8.99. The van der Waals surface area contributed by atoms with Gasteiger partial charge in [0.05, 0.1) is 0 Å². The van der Waals surface area contributed by atoms with Gasteiger partial charge in [0.15, 0.2) is 11.8 Å². The van der Waals surface area contributed by atoms with Crippen LogP contribution in [0.4, 0.5) is 0 Å². The Kier molecular flexibility index (Phi) is 6.51. The molecule has 7 heteroatoms. The maximum atomic E-state index is 5.27. The minimum Gasteiger partial charge on any atom is -0.356 e. The Morgan fingerprint density at radius 2 is 1.93 bits per heavy atom. The second-order valence-corrected chi connectivity index (χ2v) is 6.17. The summed E-state index contributed by atoms with van der Waals surface area (Å²) in [7, 11) is 1.76. The largest absolute Gasteiger partial charge is 0.356 e. The summed E-state index contributed by atoms with van der Waals surface area (Å²) < 4.78 is 5.27. The number of nitrogens with zero attached hydrogens (tertiary/aromatic N) is 4. The first kappa shape index (κ1) is 18.6. The molecule has 3 aromatic rings. The van der Waals surface area contributed by atoms with Gasteiger partial charge in [0.25, 0.3) is 5.89 Å². The number of rotatable bonds is 7. The number of nitrogens with one attached hydrogen (secondary N) is 2. The maximum Gasteiger partial charge on any atom is 0.276 e. The van der Waals surface area contributed by atoms with Gasteiger partial charge >= 0.3 is 0 Å². The Labute approximate surface area is 158 Å². The zero-order valence-corrected chi connectivity index (χ0v) is 15.6. The summed E-state index contributed by atoms with van der Waals surface area (Å²) in [5, 5.41) is 10.6. The van der Waals surface area contributed by atoms with E-state index in [0.29, 0.717) is 36.3 Å². The summed E-state index contributed by atoms with van der Waals surface area (Å²) >= 11 is 0. The Bertz CT molecular complexity index is 847. The second kappa shape index (κ2) is 9.47. The van der Waals surface area contributed by atoms with Crippen LogP contribution in [0.2, 0.25) is 0 Å². The van der Waals surface area contributed by atoms with Gasteiger partial charge in [-0.1, -0.05) is 48.5 Å². The van der Waals surface area contributed by atoms with E-state index in [1.165, 1.54) is 5.56 Å². The minimum atomic E-state index is 0.392. The van der Waals surface area contributed by atoms with Gasteiger partial charge in [-0.25, -0.2) is 0 Å². The summed E-state index contributed by atoms with van der Waals surface area (Å²) in [6.07, 6.45) is 2.33. The fourth-order valence-corrected chi connectivity index (χ4v) is 2.61. The van der Waals surface area contributed by atoms with E-state index in [2.05, 4.69) is 61.9 Å². The quantitative estimate of drug-likeness (QED) is 0.495. The molecule has 0 radical (unpaired) electrons. The monoisotopic (exact) mass is 364 g/mol. The SMILES string of the molecule is CN=C(NCCc1noc(-c2ccccn2)n1)NCC(C)c1ccccc1. The molecule has 0 saturated heterocycles. The minimum absolute atomic E-state index is 0.392. The summed E-state index contributed by atoms with van der Waals surface area (Å²) in [6, 6.07) is 16.0. The molecule has 0 aliphatic rings. The van der Waals surface area contributed by atoms with Crippen molar-refractivity contribution in [1.29, 1.82) is 0 Å². The van der Waals surface area contributed by atoms with Crippen LogP contribution in [0.3, 0.4) is 0 Å². The van der Waals surface area contributed by atoms with Crippen molar-refractivity contribution < 1.29 is 4.52 Å². The van der Waals surface area contributed by atoms with Gasteiger partial charge < -0.3 is 15.2 Å². The summed E-state index contributed by atoms with van der Waals surface area (Å²) in [5.41, 5.74) is 1.98. The molecule has 7 nitrogen and oxygen atoms in total. The van der Waals surface area contributed by atoms with Crippen LogP contribution >= 0.6 is 0 Å². The van der Waals surface area contributed by atoms with E-state index in [9.17, 15) is 0 Å². The molecule has 140 valence electrons. The molecule has 1 aromatic carbocycles. The Morgan fingerprint density at radius 1 is 1.11 bits per heavy atom. The Morgan fingerprint density at radius 3 is 2.67 bits per heavy atom. The van der Waals surface area contributed by atoms with Crippen molar-refractivity contribution in [3.8, 4) is 11.6 Å². The normalized spacial score (nSPS) is 12.6. The third kappa shape index (κ3) is 5.37. The Balaban J connectivity index is 1.44. The molecular formula is C20H24N6O. The molecule has 2 aromatic heterocycles. The van der Waals surface area contributed by atoms with E-state index >= 15 is 0 Å². The molecule has 27 heavy (non-hydrogen) atoms. The average Bonchev–Trinajstić information content (AvgIpc) is 3.20. The van der Waals surface area contributed by atoms with E-state index in [-0.39, 0.29) is 0 Å². The molecule has 2 N–H and O–H groups in total. The second-order valence-electron chi connectivity index (χ2n) is 6.17. The van der Waals surface area contributed by atoms with Gasteiger partial charge in [-0.2, -0.15) is 4.98 Å². The van der Waals surface area contributed by atoms with E-state index in [1.807, 2.05) is 24.3 Å². The average molecular weight is 364 g/mol. The van der Waals surface area contributed by atoms with Crippen molar-refractivity contribution in [2.75, 3.05) is 20.1 Å².